The van der Waals surface area contributed by atoms with Crippen LogP contribution in [0.5, 0.6) is 0 Å². The number of unbranched alkanes of at least 4 members (excludes halogenated alkanes) is 10. The summed E-state index contributed by atoms with van der Waals surface area (Å²) in [6, 6.07) is 0. The highest BCUT2D eigenvalue weighted by Gasteiger charge is 2.28. The monoisotopic (exact) mass is 916 g/mol. The van der Waals surface area contributed by atoms with Gasteiger partial charge in [-0.1, -0.05) is 144 Å². The number of rotatable bonds is 41. The first-order valence-corrected chi connectivity index (χ1v) is 25.4. The number of carbonyl (C=O) groups excluding carboxylic acids is 2. The smallest absolute Gasteiger partial charge is 0.462 e. The predicted molar refractivity (Wildman–Crippen MR) is 245 cm³/mol. The first-order chi connectivity index (χ1) is 29.8. The molecule has 0 heterocycles. The molecule has 0 fully saturated rings. The molecule has 2 unspecified atom stereocenters. The molecule has 16 heteroatoms. The van der Waals surface area contributed by atoms with Crippen molar-refractivity contribution in [2.45, 2.75) is 167 Å². The number of phosphoric acid groups is 2. The van der Waals surface area contributed by atoms with Crippen molar-refractivity contribution in [1.29, 1.82) is 0 Å². The van der Waals surface area contributed by atoms with Crippen LogP contribution in [0.3, 0.4) is 0 Å². The van der Waals surface area contributed by atoms with E-state index >= 15 is 0 Å². The van der Waals surface area contributed by atoms with Gasteiger partial charge in [0.2, 0.25) is 0 Å². The van der Waals surface area contributed by atoms with Gasteiger partial charge in [-0.2, -0.15) is 0 Å². The third-order valence-electron chi connectivity index (χ3n) is 8.86. The van der Waals surface area contributed by atoms with Gasteiger partial charge in [-0.25, -0.2) is 9.13 Å². The minimum Gasteiger partial charge on any atom is -0.462 e. The molecule has 0 bridgehead atoms. The molecule has 0 rings (SSSR count). The summed E-state index contributed by atoms with van der Waals surface area (Å²) in [5.74, 6) is -1.25. The van der Waals surface area contributed by atoms with Gasteiger partial charge in [-0.15, -0.1) is 0 Å². The topological polar surface area (TPSA) is 216 Å². The third-order valence-corrected chi connectivity index (χ3v) is 10.3. The molecule has 0 saturated heterocycles. The molecule has 0 aliphatic heterocycles. The lowest BCUT2D eigenvalue weighted by Gasteiger charge is -2.20. The molecule has 0 saturated carbocycles. The molecule has 0 radical (unpaired) electrons. The van der Waals surface area contributed by atoms with Crippen molar-refractivity contribution in [2.75, 3.05) is 26.4 Å². The standard InChI is InChI=1S/C46H78O14P2/c1-3-5-7-9-11-13-15-17-18-19-20-22-24-26-28-30-32-36-46(50)60-44(41-59-62(54,55)58-39-43(48)38-57-61(51,52)53)40-56-45(49)37-33-35-42(47)34-31-29-27-25-23-21-16-14-12-10-8-6-4-2/h6,8,11-14,17-18,21,23,27,29,31,34,42-44,47-48H,3-5,7,9-10,15-16,19-20,22,24-26,28,30,32-33,35-41H2,1-2H3,(H,54,55)(H2,51,52,53)/b8-6-,13-11-,14-12-,18-17-,23-21-,29-27-,34-31+/t42?,43-,44+/m0/s1. The number of hydrogen-bond donors (Lipinski definition) is 5. The van der Waals surface area contributed by atoms with E-state index in [1.54, 1.807) is 12.2 Å². The van der Waals surface area contributed by atoms with Crippen LogP contribution in [-0.2, 0) is 41.8 Å². The Morgan fingerprint density at radius 3 is 1.68 bits per heavy atom. The Bertz CT molecular complexity index is 1430. The summed E-state index contributed by atoms with van der Waals surface area (Å²) in [6.45, 7) is 1.38. The zero-order valence-corrected chi connectivity index (χ0v) is 39.1. The van der Waals surface area contributed by atoms with Crippen molar-refractivity contribution in [1.82, 2.24) is 0 Å². The highest BCUT2D eigenvalue weighted by molar-refractivity contribution is 7.47. The van der Waals surface area contributed by atoms with Crippen molar-refractivity contribution in [3.63, 3.8) is 0 Å². The Labute approximate surface area is 371 Å². The molecule has 0 aromatic carbocycles. The minimum absolute atomic E-state index is 0.0415. The van der Waals surface area contributed by atoms with Crippen LogP contribution in [-0.4, -0.2) is 81.6 Å². The Morgan fingerprint density at radius 2 is 1.06 bits per heavy atom. The molecule has 4 atom stereocenters. The number of carbonyl (C=O) groups is 2. The average molecular weight is 917 g/mol. The van der Waals surface area contributed by atoms with Gasteiger partial charge in [-0.3, -0.25) is 23.2 Å². The molecule has 0 aliphatic carbocycles. The summed E-state index contributed by atoms with van der Waals surface area (Å²) in [5.41, 5.74) is 0. The van der Waals surface area contributed by atoms with Gasteiger partial charge in [0.05, 0.1) is 25.9 Å². The van der Waals surface area contributed by atoms with E-state index in [4.69, 9.17) is 23.8 Å². The number of aliphatic hydroxyl groups is 2. The Balaban J connectivity index is 4.71. The van der Waals surface area contributed by atoms with E-state index in [0.29, 0.717) is 19.3 Å². The summed E-state index contributed by atoms with van der Waals surface area (Å²) in [7, 11) is -9.75. The maximum atomic E-state index is 12.7. The van der Waals surface area contributed by atoms with Crippen molar-refractivity contribution in [2.24, 2.45) is 0 Å². The maximum absolute atomic E-state index is 12.7. The van der Waals surface area contributed by atoms with Crippen molar-refractivity contribution in [3.8, 4) is 0 Å². The number of hydrogen-bond acceptors (Lipinski definition) is 11. The Kier molecular flexibility index (Phi) is 39.2. The van der Waals surface area contributed by atoms with Crippen LogP contribution >= 0.6 is 15.6 Å². The highest BCUT2D eigenvalue weighted by Crippen LogP contribution is 2.43. The SMILES string of the molecule is CC/C=C\C/C=C\C/C=C\C/C=C\C=C\C(O)CCCC(=O)OC[C@H](COP(=O)(O)OC[C@@H](O)COP(=O)(O)O)OC(=O)CCCCCCCCC/C=C\C/C=C\CCCCC. The molecule has 0 spiro atoms. The number of esters is 2. The number of ether oxygens (including phenoxy) is 2. The summed E-state index contributed by atoms with van der Waals surface area (Å²) >= 11 is 0. The van der Waals surface area contributed by atoms with Crippen LogP contribution in [0.2, 0.25) is 0 Å². The normalized spacial score (nSPS) is 15.3. The van der Waals surface area contributed by atoms with E-state index in [0.717, 1.165) is 83.5 Å². The predicted octanol–water partition coefficient (Wildman–Crippen LogP) is 10.5. The van der Waals surface area contributed by atoms with Gasteiger partial charge in [-0.05, 0) is 77.0 Å². The van der Waals surface area contributed by atoms with E-state index in [1.165, 1.54) is 19.3 Å². The zero-order valence-electron chi connectivity index (χ0n) is 37.3. The molecular weight excluding hydrogens is 838 g/mol. The van der Waals surface area contributed by atoms with E-state index in [2.05, 4.69) is 83.7 Å². The molecular formula is C46H78O14P2. The fourth-order valence-corrected chi connectivity index (χ4v) is 6.62. The van der Waals surface area contributed by atoms with Gasteiger partial charge in [0.15, 0.2) is 6.10 Å². The number of aliphatic hydroxyl groups excluding tert-OH is 2. The summed E-state index contributed by atoms with van der Waals surface area (Å²) < 4.78 is 47.7. The molecule has 5 N–H and O–H groups in total. The van der Waals surface area contributed by atoms with Crippen molar-refractivity contribution < 1.29 is 66.7 Å². The second-order valence-electron chi connectivity index (χ2n) is 14.8. The molecule has 0 amide bonds. The third kappa shape index (κ3) is 43.9. The van der Waals surface area contributed by atoms with Crippen LogP contribution in [0.1, 0.15) is 149 Å². The maximum Gasteiger partial charge on any atom is 0.472 e. The van der Waals surface area contributed by atoms with Crippen molar-refractivity contribution in [3.05, 3.63) is 85.1 Å². The molecule has 0 aliphatic rings. The summed E-state index contributed by atoms with van der Waals surface area (Å²) in [6.07, 6.45) is 43.1. The second kappa shape index (κ2) is 41.0. The van der Waals surface area contributed by atoms with Gasteiger partial charge >= 0.3 is 27.6 Å². The molecule has 0 aromatic heterocycles. The second-order valence-corrected chi connectivity index (χ2v) is 17.5. The quantitative estimate of drug-likeness (QED) is 0.0127. The minimum atomic E-state index is -4.89. The van der Waals surface area contributed by atoms with Crippen LogP contribution < -0.4 is 0 Å². The van der Waals surface area contributed by atoms with Crippen molar-refractivity contribution >= 4 is 27.6 Å². The lowest BCUT2D eigenvalue weighted by molar-refractivity contribution is -0.161. The molecule has 0 aromatic rings. The van der Waals surface area contributed by atoms with E-state index < -0.39 is 72.3 Å². The zero-order chi connectivity index (χ0) is 46.0. The van der Waals surface area contributed by atoms with Gasteiger partial charge in [0.1, 0.15) is 12.7 Å². The van der Waals surface area contributed by atoms with Crippen LogP contribution in [0.15, 0.2) is 85.1 Å². The largest absolute Gasteiger partial charge is 0.472 e. The fraction of sp³-hybridized carbons (Fsp3) is 0.652. The number of phosphoric ester groups is 2. The lowest BCUT2D eigenvalue weighted by atomic mass is 10.1. The van der Waals surface area contributed by atoms with Gasteiger partial charge in [0, 0.05) is 12.8 Å². The van der Waals surface area contributed by atoms with Gasteiger partial charge < -0.3 is 34.4 Å². The first-order valence-electron chi connectivity index (χ1n) is 22.4. The average Bonchev–Trinajstić information content (AvgIpc) is 3.22. The van der Waals surface area contributed by atoms with Crippen LogP contribution in [0, 0.1) is 0 Å². The lowest BCUT2D eigenvalue weighted by Crippen LogP contribution is -2.30. The van der Waals surface area contributed by atoms with Gasteiger partial charge in [0.25, 0.3) is 0 Å². The fourth-order valence-electron chi connectivity index (χ4n) is 5.46. The highest BCUT2D eigenvalue weighted by atomic mass is 31.2. The van der Waals surface area contributed by atoms with E-state index in [-0.39, 0.29) is 12.8 Å². The first kappa shape index (κ1) is 59.3. The Morgan fingerprint density at radius 1 is 0.548 bits per heavy atom. The molecule has 14 nitrogen and oxygen atoms in total. The van der Waals surface area contributed by atoms with Crippen LogP contribution in [0.4, 0.5) is 0 Å². The van der Waals surface area contributed by atoms with E-state index in [1.807, 2.05) is 12.2 Å². The van der Waals surface area contributed by atoms with Crippen LogP contribution in [0.25, 0.3) is 0 Å². The molecule has 356 valence electrons. The summed E-state index contributed by atoms with van der Waals surface area (Å²) in [4.78, 5) is 52.8. The van der Waals surface area contributed by atoms with E-state index in [9.17, 15) is 33.8 Å². The molecule has 62 heavy (non-hydrogen) atoms. The summed E-state index contributed by atoms with van der Waals surface area (Å²) in [5, 5.41) is 20.0. The number of allylic oxidation sites excluding steroid dienone is 13. The Hall–Kier alpha value is -2.74.